The Morgan fingerprint density at radius 1 is 0.921 bits per heavy atom. The van der Waals surface area contributed by atoms with Crippen molar-refractivity contribution in [1.29, 1.82) is 0 Å². The molecule has 0 unspecified atom stereocenters. The standard InChI is InChI=1S/C29H25F2N3O4/c1-18-2-4-19(5-3-18)27(35)17-32-10-12-33(13-11-32)26-15-25-22(14-24(26)31)28(36)23(29(37)38)16-34(25)21-8-6-20(30)7-9-21/h2-9,14-16H,10-13,17H2,1H3,(H,37,38). The maximum atomic E-state index is 15.3. The van der Waals surface area contributed by atoms with Crippen molar-refractivity contribution >= 4 is 28.3 Å². The van der Waals surface area contributed by atoms with Gasteiger partial charge in [0.1, 0.15) is 17.2 Å². The molecule has 0 aliphatic carbocycles. The summed E-state index contributed by atoms with van der Waals surface area (Å²) in [7, 11) is 0. The predicted molar refractivity (Wildman–Crippen MR) is 141 cm³/mol. The van der Waals surface area contributed by atoms with Gasteiger partial charge in [0.15, 0.2) is 5.78 Å². The van der Waals surface area contributed by atoms with Crippen LogP contribution in [0.5, 0.6) is 0 Å². The summed E-state index contributed by atoms with van der Waals surface area (Å²) in [6.45, 7) is 4.22. The van der Waals surface area contributed by atoms with Crippen LogP contribution in [0.1, 0.15) is 26.3 Å². The summed E-state index contributed by atoms with van der Waals surface area (Å²) < 4.78 is 30.3. The van der Waals surface area contributed by atoms with Crippen LogP contribution in [0.2, 0.25) is 0 Å². The molecule has 1 saturated heterocycles. The van der Waals surface area contributed by atoms with Gasteiger partial charge in [-0.05, 0) is 43.3 Å². The van der Waals surface area contributed by atoms with Crippen molar-refractivity contribution in [2.24, 2.45) is 0 Å². The zero-order chi connectivity index (χ0) is 27.0. The summed E-state index contributed by atoms with van der Waals surface area (Å²) in [5, 5.41) is 9.45. The first-order chi connectivity index (χ1) is 18.2. The van der Waals surface area contributed by atoms with Gasteiger partial charge >= 0.3 is 5.97 Å². The number of halogens is 2. The van der Waals surface area contributed by atoms with Gasteiger partial charge in [-0.25, -0.2) is 13.6 Å². The molecular weight excluding hydrogens is 492 g/mol. The summed E-state index contributed by atoms with van der Waals surface area (Å²) in [6.07, 6.45) is 1.18. The quantitative estimate of drug-likeness (QED) is 0.385. The number of ketones is 1. The van der Waals surface area contributed by atoms with Crippen LogP contribution in [0.15, 0.2) is 71.7 Å². The van der Waals surface area contributed by atoms with Crippen LogP contribution in [-0.4, -0.2) is 59.0 Å². The number of hydrogen-bond donors (Lipinski definition) is 1. The fourth-order valence-corrected chi connectivity index (χ4v) is 4.73. The minimum atomic E-state index is -1.44. The summed E-state index contributed by atoms with van der Waals surface area (Å²) in [5.41, 5.74) is 1.42. The maximum absolute atomic E-state index is 15.3. The number of hydrogen-bond acceptors (Lipinski definition) is 5. The molecule has 194 valence electrons. The van der Waals surface area contributed by atoms with Crippen molar-refractivity contribution in [3.05, 3.63) is 105 Å². The summed E-state index contributed by atoms with van der Waals surface area (Å²) in [6, 6.07) is 15.4. The van der Waals surface area contributed by atoms with Crippen molar-refractivity contribution in [3.8, 4) is 5.69 Å². The number of pyridine rings is 1. The zero-order valence-corrected chi connectivity index (χ0v) is 20.7. The van der Waals surface area contributed by atoms with Gasteiger partial charge in [-0.2, -0.15) is 0 Å². The highest BCUT2D eigenvalue weighted by Gasteiger charge is 2.24. The lowest BCUT2D eigenvalue weighted by molar-refractivity contribution is 0.0694. The topological polar surface area (TPSA) is 82.8 Å². The zero-order valence-electron chi connectivity index (χ0n) is 20.7. The number of rotatable bonds is 6. The van der Waals surface area contributed by atoms with E-state index in [1.807, 2.05) is 41.0 Å². The first kappa shape index (κ1) is 25.3. The second-order valence-electron chi connectivity index (χ2n) is 9.40. The molecule has 0 bridgehead atoms. The molecule has 0 radical (unpaired) electrons. The molecule has 3 aromatic carbocycles. The number of aromatic carboxylic acids is 1. The third-order valence-electron chi connectivity index (χ3n) is 6.86. The van der Waals surface area contributed by atoms with Gasteiger partial charge in [0.25, 0.3) is 0 Å². The van der Waals surface area contributed by atoms with Crippen LogP contribution in [0, 0.1) is 18.6 Å². The Hall–Kier alpha value is -4.37. The second kappa shape index (κ2) is 10.2. The Labute approximate surface area is 217 Å². The Morgan fingerprint density at radius 3 is 2.21 bits per heavy atom. The Balaban J connectivity index is 1.44. The molecule has 0 spiro atoms. The van der Waals surface area contributed by atoms with Crippen molar-refractivity contribution in [3.63, 3.8) is 0 Å². The van der Waals surface area contributed by atoms with Gasteiger partial charge < -0.3 is 14.6 Å². The molecule has 0 saturated carbocycles. The molecule has 7 nitrogen and oxygen atoms in total. The number of carbonyl (C=O) groups excluding carboxylic acids is 1. The van der Waals surface area contributed by atoms with Gasteiger partial charge in [0.2, 0.25) is 5.43 Å². The van der Waals surface area contributed by atoms with E-state index in [4.69, 9.17) is 0 Å². The van der Waals surface area contributed by atoms with E-state index in [-0.39, 0.29) is 23.4 Å². The van der Waals surface area contributed by atoms with E-state index in [1.54, 1.807) is 0 Å². The van der Waals surface area contributed by atoms with E-state index in [1.165, 1.54) is 41.1 Å². The van der Waals surface area contributed by atoms with Crippen molar-refractivity contribution < 1.29 is 23.5 Å². The minimum absolute atomic E-state index is 0.0212. The monoisotopic (exact) mass is 517 g/mol. The number of aryl methyl sites for hydroxylation is 1. The largest absolute Gasteiger partial charge is 0.477 e. The summed E-state index contributed by atoms with van der Waals surface area (Å²) in [4.78, 5) is 41.1. The molecule has 1 fully saturated rings. The van der Waals surface area contributed by atoms with Crippen LogP contribution in [0.3, 0.4) is 0 Å². The molecular formula is C29H25F2N3O4. The molecule has 1 aromatic heterocycles. The number of Topliss-reactive ketones (excluding diaryl/α,β-unsaturated/α-hetero) is 1. The predicted octanol–water partition coefficient (Wildman–Crippen LogP) is 4.28. The first-order valence-corrected chi connectivity index (χ1v) is 12.2. The lowest BCUT2D eigenvalue weighted by Gasteiger charge is -2.36. The SMILES string of the molecule is Cc1ccc(C(=O)CN2CCN(c3cc4c(cc3F)c(=O)c(C(=O)O)cn4-c3ccc(F)cc3)CC2)cc1. The molecule has 1 aliphatic heterocycles. The second-order valence-corrected chi connectivity index (χ2v) is 9.40. The van der Waals surface area contributed by atoms with Gasteiger partial charge in [0.05, 0.1) is 17.7 Å². The van der Waals surface area contributed by atoms with Crippen molar-refractivity contribution in [2.75, 3.05) is 37.6 Å². The Bertz CT molecular complexity index is 1590. The number of aromatic nitrogens is 1. The van der Waals surface area contributed by atoms with E-state index in [0.717, 1.165) is 11.6 Å². The maximum Gasteiger partial charge on any atom is 0.341 e. The average molecular weight is 518 g/mol. The molecule has 1 aliphatic rings. The minimum Gasteiger partial charge on any atom is -0.477 e. The molecule has 0 atom stereocenters. The van der Waals surface area contributed by atoms with Crippen LogP contribution >= 0.6 is 0 Å². The molecule has 2 heterocycles. The third-order valence-corrected chi connectivity index (χ3v) is 6.86. The van der Waals surface area contributed by atoms with Crippen LogP contribution in [0.4, 0.5) is 14.5 Å². The van der Waals surface area contributed by atoms with E-state index in [0.29, 0.717) is 42.9 Å². The number of anilines is 1. The number of carboxylic acids is 1. The fourth-order valence-electron chi connectivity index (χ4n) is 4.73. The van der Waals surface area contributed by atoms with Crippen molar-refractivity contribution in [2.45, 2.75) is 6.92 Å². The molecule has 0 amide bonds. The normalized spacial score (nSPS) is 14.1. The highest BCUT2D eigenvalue weighted by molar-refractivity contribution is 5.97. The highest BCUT2D eigenvalue weighted by Crippen LogP contribution is 2.28. The van der Waals surface area contributed by atoms with E-state index < -0.39 is 28.6 Å². The highest BCUT2D eigenvalue weighted by atomic mass is 19.1. The van der Waals surface area contributed by atoms with E-state index in [9.17, 15) is 23.9 Å². The number of nitrogens with zero attached hydrogens (tertiary/aromatic N) is 3. The molecule has 4 aromatic rings. The van der Waals surface area contributed by atoms with Gasteiger partial charge in [-0.3, -0.25) is 14.5 Å². The first-order valence-electron chi connectivity index (χ1n) is 12.2. The molecule has 5 rings (SSSR count). The number of carbonyl (C=O) groups is 2. The van der Waals surface area contributed by atoms with Gasteiger partial charge in [-0.1, -0.05) is 29.8 Å². The van der Waals surface area contributed by atoms with Crippen LogP contribution < -0.4 is 10.3 Å². The third kappa shape index (κ3) is 4.92. The summed E-state index contributed by atoms with van der Waals surface area (Å²) >= 11 is 0. The van der Waals surface area contributed by atoms with Crippen LogP contribution in [0.25, 0.3) is 16.6 Å². The molecule has 38 heavy (non-hydrogen) atoms. The van der Waals surface area contributed by atoms with Gasteiger partial charge in [-0.15, -0.1) is 0 Å². The van der Waals surface area contributed by atoms with E-state index in [2.05, 4.69) is 0 Å². The van der Waals surface area contributed by atoms with Crippen molar-refractivity contribution in [1.82, 2.24) is 9.47 Å². The Morgan fingerprint density at radius 2 is 1.58 bits per heavy atom. The number of fused-ring (bicyclic) bond motifs is 1. The van der Waals surface area contributed by atoms with Crippen LogP contribution in [-0.2, 0) is 0 Å². The van der Waals surface area contributed by atoms with Gasteiger partial charge in [0, 0.05) is 49.0 Å². The lowest BCUT2D eigenvalue weighted by atomic mass is 10.1. The smallest absolute Gasteiger partial charge is 0.341 e. The fraction of sp³-hybridized carbons (Fsp3) is 0.207. The number of benzene rings is 3. The summed E-state index contributed by atoms with van der Waals surface area (Å²) in [5.74, 6) is -2.53. The number of carboxylic acid groups (broad SMARTS) is 1. The Kier molecular flexibility index (Phi) is 6.77. The lowest BCUT2D eigenvalue weighted by Crippen LogP contribution is -2.48. The van der Waals surface area contributed by atoms with E-state index >= 15 is 4.39 Å². The number of piperazine rings is 1. The molecule has 1 N–H and O–H groups in total. The average Bonchev–Trinajstić information content (AvgIpc) is 2.90. The molecule has 9 heteroatoms.